The summed E-state index contributed by atoms with van der Waals surface area (Å²) in [4.78, 5) is 121. The fourth-order valence-corrected chi connectivity index (χ4v) is 7.07. The average Bonchev–Trinajstić information content (AvgIpc) is 3.31. The van der Waals surface area contributed by atoms with Gasteiger partial charge in [0.2, 0.25) is 29.5 Å². The van der Waals surface area contributed by atoms with Crippen molar-refractivity contribution in [2.45, 2.75) is 129 Å². The summed E-state index contributed by atoms with van der Waals surface area (Å²) >= 11 is 0. The number of likely N-dealkylation sites (N-methyl/N-ethyl adjacent to an activating group) is 1. The van der Waals surface area contributed by atoms with Crippen LogP contribution in [0.2, 0.25) is 0 Å². The fraction of sp³-hybridized carbons (Fsp3) is 0.551. The van der Waals surface area contributed by atoms with E-state index in [0.29, 0.717) is 6.42 Å². The molecule has 6 amide bonds. The van der Waals surface area contributed by atoms with Crippen LogP contribution >= 0.6 is 0 Å². The van der Waals surface area contributed by atoms with Gasteiger partial charge in [-0.15, -0.1) is 0 Å². The lowest BCUT2D eigenvalue weighted by Gasteiger charge is -2.28. The first kappa shape index (κ1) is 62.9. The van der Waals surface area contributed by atoms with E-state index in [2.05, 4.69) is 38.2 Å². The summed E-state index contributed by atoms with van der Waals surface area (Å²) in [6.45, 7) is 15.0. The number of hydrogen-bond acceptors (Lipinski definition) is 12. The fourth-order valence-electron chi connectivity index (χ4n) is 7.07. The van der Waals surface area contributed by atoms with E-state index in [4.69, 9.17) is 21.9 Å². The summed E-state index contributed by atoms with van der Waals surface area (Å²) in [6, 6.07) is 1.56. The van der Waals surface area contributed by atoms with Gasteiger partial charge in [0.05, 0.1) is 17.9 Å². The van der Waals surface area contributed by atoms with E-state index in [-0.39, 0.29) is 56.1 Å². The van der Waals surface area contributed by atoms with Crippen LogP contribution in [0, 0.1) is 23.7 Å². The molecule has 1 aromatic rings. The van der Waals surface area contributed by atoms with E-state index < -0.39 is 114 Å². The van der Waals surface area contributed by atoms with Crippen molar-refractivity contribution in [1.82, 2.24) is 31.5 Å². The maximum Gasteiger partial charge on any atom is 0.327 e. The molecule has 0 radical (unpaired) electrons. The Hall–Kier alpha value is -7.14. The number of rotatable bonds is 32. The molecule has 0 unspecified atom stereocenters. The van der Waals surface area contributed by atoms with Gasteiger partial charge < -0.3 is 68.7 Å². The maximum absolute atomic E-state index is 13.8. The maximum atomic E-state index is 13.8. The predicted molar refractivity (Wildman–Crippen MR) is 268 cm³/mol. The van der Waals surface area contributed by atoms with Crippen molar-refractivity contribution >= 4 is 59.3 Å². The standard InChI is InChI=1S/C49H76N10O13/c1-26(2)23-37(45(66)58-40(48(70)71)30(6)42(63)56-36(47(68)69)17-14-22-53-49(51)52)57-43(64)31(7)54-44(65)32(8)59(9)46(67)35(20-21-39(60)61)55-41(62)29(5)34(50)19-18-27(3)24-28(4)38(72-10)25-33-15-12-11-13-16-33/h11-13,15-16,18-19,24,26,28-31,34-38,40H,8,14,17,20-23,25,50H2,1-7,9-10H3,(H,54,65)(H,55,62)(H,56,63)(H,57,64)(H,58,66)(H,60,61)(H,68,69)(H,70,71)(H4,51,52,53)/b19-18+,27-24+/t28-,29-,30-,31+,34-,35+,36-,37-,38-,40+/m0/s1. The lowest BCUT2D eigenvalue weighted by atomic mass is 9.95. The van der Waals surface area contributed by atoms with Gasteiger partial charge in [0, 0.05) is 39.1 Å². The van der Waals surface area contributed by atoms with E-state index in [1.54, 1.807) is 33.1 Å². The summed E-state index contributed by atoms with van der Waals surface area (Å²) < 4.78 is 5.74. The summed E-state index contributed by atoms with van der Waals surface area (Å²) in [5.74, 6) is -12.7. The van der Waals surface area contributed by atoms with Gasteiger partial charge in [-0.1, -0.05) is 95.3 Å². The molecule has 1 aromatic carbocycles. The number of aliphatic imine (C=N–C) groups is 1. The van der Waals surface area contributed by atoms with Crippen LogP contribution in [0.4, 0.5) is 0 Å². The molecule has 0 aromatic heterocycles. The Morgan fingerprint density at radius 1 is 0.778 bits per heavy atom. The second-order valence-electron chi connectivity index (χ2n) is 18.1. The largest absolute Gasteiger partial charge is 0.481 e. The summed E-state index contributed by atoms with van der Waals surface area (Å²) in [5.41, 5.74) is 18.4. The molecule has 23 nitrogen and oxygen atoms in total. The van der Waals surface area contributed by atoms with Gasteiger partial charge in [-0.3, -0.25) is 38.6 Å². The number of carboxylic acid groups (broad SMARTS) is 3. The van der Waals surface area contributed by atoms with Crippen LogP contribution in [0.1, 0.15) is 86.1 Å². The van der Waals surface area contributed by atoms with Crippen molar-refractivity contribution in [3.8, 4) is 0 Å². The Bertz CT molecular complexity index is 2140. The molecule has 10 atom stereocenters. The first-order valence-electron chi connectivity index (χ1n) is 23.5. The number of carboxylic acids is 3. The summed E-state index contributed by atoms with van der Waals surface area (Å²) in [6.07, 6.45) is 5.17. The van der Waals surface area contributed by atoms with Crippen LogP contribution in [0.15, 0.2) is 71.4 Å². The molecule has 0 saturated heterocycles. The van der Waals surface area contributed by atoms with Crippen molar-refractivity contribution in [3.05, 3.63) is 72.0 Å². The van der Waals surface area contributed by atoms with E-state index in [0.717, 1.165) is 23.1 Å². The molecule has 1 rings (SSSR count). The average molecular weight is 1010 g/mol. The van der Waals surface area contributed by atoms with Crippen molar-refractivity contribution in [3.63, 3.8) is 0 Å². The molecule has 0 bridgehead atoms. The highest BCUT2D eigenvalue weighted by Crippen LogP contribution is 2.18. The van der Waals surface area contributed by atoms with E-state index >= 15 is 0 Å². The summed E-state index contributed by atoms with van der Waals surface area (Å²) in [5, 5.41) is 40.9. The number of carbonyl (C=O) groups is 9. The molecule has 72 heavy (non-hydrogen) atoms. The van der Waals surface area contributed by atoms with E-state index in [1.807, 2.05) is 50.3 Å². The number of aliphatic carboxylic acids is 3. The third-order valence-electron chi connectivity index (χ3n) is 11.6. The Balaban J connectivity index is 3.07. The first-order chi connectivity index (χ1) is 33.6. The van der Waals surface area contributed by atoms with Crippen molar-refractivity contribution in [2.75, 3.05) is 20.7 Å². The second-order valence-corrected chi connectivity index (χ2v) is 18.1. The molecule has 0 aliphatic carbocycles. The number of nitrogens with one attached hydrogen (secondary N) is 5. The number of guanidine groups is 1. The van der Waals surface area contributed by atoms with Gasteiger partial charge in [0.25, 0.3) is 5.91 Å². The minimum Gasteiger partial charge on any atom is -0.481 e. The molecule has 0 saturated carbocycles. The van der Waals surface area contributed by atoms with Gasteiger partial charge >= 0.3 is 17.9 Å². The van der Waals surface area contributed by atoms with Gasteiger partial charge in [0.1, 0.15) is 35.9 Å². The highest BCUT2D eigenvalue weighted by Gasteiger charge is 2.37. The van der Waals surface area contributed by atoms with Crippen molar-refractivity contribution < 1.29 is 63.2 Å². The first-order valence-corrected chi connectivity index (χ1v) is 23.5. The Morgan fingerprint density at radius 3 is 1.90 bits per heavy atom. The highest BCUT2D eigenvalue weighted by atomic mass is 16.5. The molecule has 0 fully saturated rings. The lowest BCUT2D eigenvalue weighted by molar-refractivity contribution is -0.147. The molecular formula is C49H76N10O13. The predicted octanol–water partition coefficient (Wildman–Crippen LogP) is 0.532. The number of hydrogen-bond donors (Lipinski definition) is 11. The topological polar surface area (TPSA) is 377 Å². The number of ether oxygens (including phenoxy) is 1. The molecule has 0 heterocycles. The zero-order valence-electron chi connectivity index (χ0n) is 42.7. The van der Waals surface area contributed by atoms with Crippen LogP contribution in [0.5, 0.6) is 0 Å². The van der Waals surface area contributed by atoms with Gasteiger partial charge in [-0.25, -0.2) is 9.59 Å². The zero-order valence-corrected chi connectivity index (χ0v) is 42.7. The number of amides is 6. The number of nitrogens with two attached hydrogens (primary N) is 3. The third kappa shape index (κ3) is 22.3. The quantitative estimate of drug-likeness (QED) is 0.0154. The Labute approximate surface area is 420 Å². The van der Waals surface area contributed by atoms with Crippen LogP contribution in [0.25, 0.3) is 0 Å². The molecule has 0 aliphatic heterocycles. The van der Waals surface area contributed by atoms with Crippen LogP contribution < -0.4 is 43.8 Å². The van der Waals surface area contributed by atoms with Crippen molar-refractivity contribution in [1.29, 1.82) is 0 Å². The molecule has 0 aliphatic rings. The second kappa shape index (κ2) is 31.2. The van der Waals surface area contributed by atoms with E-state index in [9.17, 15) is 58.5 Å². The lowest BCUT2D eigenvalue weighted by Crippen LogP contribution is -2.58. The van der Waals surface area contributed by atoms with Crippen LogP contribution in [-0.4, -0.2) is 143 Å². The van der Waals surface area contributed by atoms with Crippen LogP contribution in [0.3, 0.4) is 0 Å². The Morgan fingerprint density at radius 2 is 1.36 bits per heavy atom. The monoisotopic (exact) mass is 1010 g/mol. The zero-order chi connectivity index (χ0) is 55.0. The minimum atomic E-state index is -1.87. The number of allylic oxidation sites excluding steroid dienone is 2. The number of carbonyl (C=O) groups excluding carboxylic acids is 6. The smallest absolute Gasteiger partial charge is 0.327 e. The third-order valence-corrected chi connectivity index (χ3v) is 11.6. The molecule has 23 heteroatoms. The molecule has 14 N–H and O–H groups in total. The normalized spacial score (nSPS) is 15.7. The number of benzene rings is 1. The van der Waals surface area contributed by atoms with Crippen LogP contribution in [-0.2, 0) is 54.3 Å². The highest BCUT2D eigenvalue weighted by molar-refractivity contribution is 6.01. The number of methoxy groups -OCH3 is 1. The van der Waals surface area contributed by atoms with E-state index in [1.165, 1.54) is 20.8 Å². The van der Waals surface area contributed by atoms with Gasteiger partial charge in [0.15, 0.2) is 5.96 Å². The Kier molecular flexibility index (Phi) is 27.3. The molecule has 400 valence electrons. The van der Waals surface area contributed by atoms with Gasteiger partial charge in [-0.05, 0) is 57.4 Å². The number of nitrogens with zero attached hydrogens (tertiary/aromatic N) is 2. The molecular weight excluding hydrogens is 937 g/mol. The van der Waals surface area contributed by atoms with Gasteiger partial charge in [-0.2, -0.15) is 0 Å². The summed E-state index contributed by atoms with van der Waals surface area (Å²) in [7, 11) is 2.82. The molecule has 0 spiro atoms. The minimum absolute atomic E-state index is 0.0254. The van der Waals surface area contributed by atoms with Crippen molar-refractivity contribution in [2.24, 2.45) is 45.9 Å². The SMILES string of the molecule is C=C(C(=O)N[C@H](C)C(=O)N[C@@H](CC(C)C)C(=O)N[C@@H](C(=O)O)[C@H](C)C(=O)N[C@@H](CCCN=C(N)N)C(=O)O)N(C)C(=O)[C@@H](CCC(=O)O)NC(=O)[C@@H](C)[C@@H](N)/C=C/C(C)=C/[C@H](C)[C@H](Cc1ccccc1)OC.